The fraction of sp³-hybridized carbons (Fsp3) is 0.429. The Hall–Kier alpha value is -0.0900. The molecule has 0 aliphatic rings. The van der Waals surface area contributed by atoms with E-state index < -0.39 is 0 Å². The Morgan fingerprint density at radius 1 is 1.45 bits per heavy atom. The van der Waals surface area contributed by atoms with E-state index in [2.05, 4.69) is 32.2 Å². The zero-order valence-electron chi connectivity index (χ0n) is 6.25. The number of thioether (sulfide) groups is 1. The van der Waals surface area contributed by atoms with Crippen molar-refractivity contribution in [2.24, 2.45) is 0 Å². The maximum atomic E-state index is 4.14. The molecule has 0 fully saturated rings. The van der Waals surface area contributed by atoms with Gasteiger partial charge in [-0.2, -0.15) is 11.8 Å². The fourth-order valence-corrected chi connectivity index (χ4v) is 1.25. The van der Waals surface area contributed by atoms with Crippen LogP contribution in [-0.2, 0) is 6.42 Å². The summed E-state index contributed by atoms with van der Waals surface area (Å²) in [6.45, 7) is 0. The van der Waals surface area contributed by atoms with Crippen LogP contribution in [0.3, 0.4) is 0 Å². The van der Waals surface area contributed by atoms with Gasteiger partial charge in [0.25, 0.3) is 0 Å². The molecule has 0 bridgehead atoms. The smallest absolute Gasteiger partial charge is 0.129 e. The van der Waals surface area contributed by atoms with Gasteiger partial charge in [0.05, 0.1) is 4.47 Å². The molecule has 0 saturated heterocycles. The van der Waals surface area contributed by atoms with Crippen LogP contribution in [0.1, 0.15) is 5.82 Å². The molecule has 0 N–H and O–H groups in total. The molecule has 1 rings (SSSR count). The number of rotatable bonds is 3. The Bertz CT molecular complexity index is 212. The molecule has 2 nitrogen and oxygen atoms in total. The molecule has 0 amide bonds. The Labute approximate surface area is 79.0 Å². The second-order valence-corrected chi connectivity index (χ2v) is 3.96. The molecule has 11 heavy (non-hydrogen) atoms. The topological polar surface area (TPSA) is 25.8 Å². The van der Waals surface area contributed by atoms with Crippen LogP contribution in [0, 0.1) is 0 Å². The van der Waals surface area contributed by atoms with Gasteiger partial charge in [0, 0.05) is 24.6 Å². The summed E-state index contributed by atoms with van der Waals surface area (Å²) in [4.78, 5) is 8.29. The van der Waals surface area contributed by atoms with Gasteiger partial charge in [-0.1, -0.05) is 0 Å². The third-order valence-corrected chi connectivity index (χ3v) is 2.23. The van der Waals surface area contributed by atoms with E-state index in [1.165, 1.54) is 0 Å². The quantitative estimate of drug-likeness (QED) is 0.799. The monoisotopic (exact) mass is 232 g/mol. The highest BCUT2D eigenvalue weighted by Gasteiger charge is 1.94. The first-order valence-corrected chi connectivity index (χ1v) is 5.47. The molecule has 0 unspecified atom stereocenters. The average molecular weight is 233 g/mol. The van der Waals surface area contributed by atoms with Gasteiger partial charge in [0.2, 0.25) is 0 Å². The van der Waals surface area contributed by atoms with Gasteiger partial charge in [-0.15, -0.1) is 0 Å². The van der Waals surface area contributed by atoms with E-state index in [4.69, 9.17) is 0 Å². The molecule has 0 spiro atoms. The van der Waals surface area contributed by atoms with Gasteiger partial charge >= 0.3 is 0 Å². The normalized spacial score (nSPS) is 10.0. The number of aromatic nitrogens is 2. The fourth-order valence-electron chi connectivity index (χ4n) is 0.661. The molecule has 0 aromatic carbocycles. The highest BCUT2D eigenvalue weighted by Crippen LogP contribution is 2.05. The van der Waals surface area contributed by atoms with Gasteiger partial charge < -0.3 is 0 Å². The van der Waals surface area contributed by atoms with Crippen LogP contribution in [0.5, 0.6) is 0 Å². The maximum Gasteiger partial charge on any atom is 0.129 e. The van der Waals surface area contributed by atoms with Crippen molar-refractivity contribution in [2.75, 3.05) is 12.0 Å². The van der Waals surface area contributed by atoms with Crippen molar-refractivity contribution < 1.29 is 0 Å². The van der Waals surface area contributed by atoms with Crippen molar-refractivity contribution in [3.8, 4) is 0 Å². The van der Waals surface area contributed by atoms with Crippen LogP contribution in [0.4, 0.5) is 0 Å². The molecule has 0 radical (unpaired) electrons. The zero-order valence-corrected chi connectivity index (χ0v) is 8.65. The van der Waals surface area contributed by atoms with Gasteiger partial charge in [-0.25, -0.2) is 9.97 Å². The van der Waals surface area contributed by atoms with Gasteiger partial charge in [-0.3, -0.25) is 0 Å². The van der Waals surface area contributed by atoms with Crippen LogP contribution in [0.2, 0.25) is 0 Å². The van der Waals surface area contributed by atoms with Crippen molar-refractivity contribution in [1.29, 1.82) is 0 Å². The molecule has 60 valence electrons. The highest BCUT2D eigenvalue weighted by atomic mass is 79.9. The number of aryl methyl sites for hydroxylation is 1. The van der Waals surface area contributed by atoms with E-state index in [0.717, 1.165) is 22.5 Å². The van der Waals surface area contributed by atoms with Crippen LogP contribution in [0.25, 0.3) is 0 Å². The van der Waals surface area contributed by atoms with Crippen LogP contribution in [0.15, 0.2) is 16.9 Å². The van der Waals surface area contributed by atoms with E-state index in [1.54, 1.807) is 12.4 Å². The van der Waals surface area contributed by atoms with Gasteiger partial charge in [-0.05, 0) is 22.2 Å². The summed E-state index contributed by atoms with van der Waals surface area (Å²) >= 11 is 5.09. The lowest BCUT2D eigenvalue weighted by atomic mass is 10.4. The first-order valence-electron chi connectivity index (χ1n) is 3.28. The largest absolute Gasteiger partial charge is 0.240 e. The second kappa shape index (κ2) is 4.72. The summed E-state index contributed by atoms with van der Waals surface area (Å²) in [5.74, 6) is 2.00. The van der Waals surface area contributed by atoms with E-state index in [-0.39, 0.29) is 0 Å². The van der Waals surface area contributed by atoms with Crippen molar-refractivity contribution in [3.05, 3.63) is 22.7 Å². The Kier molecular flexibility index (Phi) is 3.86. The summed E-state index contributed by atoms with van der Waals surface area (Å²) in [6.07, 6.45) is 6.60. The third kappa shape index (κ3) is 3.20. The Morgan fingerprint density at radius 2 is 2.09 bits per heavy atom. The predicted octanol–water partition coefficient (Wildman–Crippen LogP) is 2.14. The molecule has 1 aromatic rings. The minimum atomic E-state index is 0.919. The second-order valence-electron chi connectivity index (χ2n) is 2.06. The number of hydrogen-bond acceptors (Lipinski definition) is 3. The summed E-state index contributed by atoms with van der Waals surface area (Å²) in [5, 5.41) is 0. The van der Waals surface area contributed by atoms with Crippen LogP contribution in [-0.4, -0.2) is 22.0 Å². The van der Waals surface area contributed by atoms with E-state index in [1.807, 2.05) is 11.8 Å². The Morgan fingerprint density at radius 3 is 2.64 bits per heavy atom. The molecule has 1 heterocycles. The average Bonchev–Trinajstić information content (AvgIpc) is 2.04. The minimum Gasteiger partial charge on any atom is -0.240 e. The molecule has 4 heteroatoms. The summed E-state index contributed by atoms with van der Waals surface area (Å²) < 4.78 is 0.936. The number of halogens is 1. The summed E-state index contributed by atoms with van der Waals surface area (Å²) in [7, 11) is 0. The predicted molar refractivity (Wildman–Crippen MR) is 51.8 cm³/mol. The lowest BCUT2D eigenvalue weighted by Gasteiger charge is -1.96. The molecule has 0 atom stereocenters. The number of hydrogen-bond donors (Lipinski definition) is 0. The Balaban J connectivity index is 2.52. The first kappa shape index (κ1) is 9.00. The van der Waals surface area contributed by atoms with E-state index >= 15 is 0 Å². The molecule has 0 saturated carbocycles. The highest BCUT2D eigenvalue weighted by molar-refractivity contribution is 9.10. The molecule has 0 aliphatic heterocycles. The molecular weight excluding hydrogens is 224 g/mol. The lowest BCUT2D eigenvalue weighted by molar-refractivity contribution is 0.942. The third-order valence-electron chi connectivity index (χ3n) is 1.20. The van der Waals surface area contributed by atoms with Crippen molar-refractivity contribution in [1.82, 2.24) is 9.97 Å². The van der Waals surface area contributed by atoms with Crippen molar-refractivity contribution >= 4 is 27.7 Å². The number of nitrogens with zero attached hydrogens (tertiary/aromatic N) is 2. The zero-order chi connectivity index (χ0) is 8.10. The molecular formula is C7H9BrN2S. The van der Waals surface area contributed by atoms with Crippen LogP contribution >= 0.6 is 27.7 Å². The summed E-state index contributed by atoms with van der Waals surface area (Å²) in [6, 6.07) is 0. The van der Waals surface area contributed by atoms with Gasteiger partial charge in [0.15, 0.2) is 0 Å². The van der Waals surface area contributed by atoms with Crippen molar-refractivity contribution in [3.63, 3.8) is 0 Å². The standard InChI is InChI=1S/C7H9BrN2S/c1-11-3-2-7-9-4-6(8)5-10-7/h4-5H,2-3H2,1H3. The lowest BCUT2D eigenvalue weighted by Crippen LogP contribution is -1.95. The minimum absolute atomic E-state index is 0.919. The molecule has 1 aromatic heterocycles. The van der Waals surface area contributed by atoms with Crippen molar-refractivity contribution in [2.45, 2.75) is 6.42 Å². The molecule has 0 aliphatic carbocycles. The summed E-state index contributed by atoms with van der Waals surface area (Å²) in [5.41, 5.74) is 0. The van der Waals surface area contributed by atoms with Gasteiger partial charge in [0.1, 0.15) is 5.82 Å². The maximum absolute atomic E-state index is 4.14. The van der Waals surface area contributed by atoms with E-state index in [9.17, 15) is 0 Å². The SMILES string of the molecule is CSCCc1ncc(Br)cn1. The van der Waals surface area contributed by atoms with E-state index in [0.29, 0.717) is 0 Å². The van der Waals surface area contributed by atoms with Crippen LogP contribution < -0.4 is 0 Å². The first-order chi connectivity index (χ1) is 5.33.